The van der Waals surface area contributed by atoms with Crippen molar-refractivity contribution in [1.82, 2.24) is 0 Å². The van der Waals surface area contributed by atoms with Gasteiger partial charge in [-0.15, -0.1) is 0 Å². The highest BCUT2D eigenvalue weighted by atomic mass is 32.3. The maximum Gasteiger partial charge on any atom is 0.113 e. The average Bonchev–Trinajstić information content (AvgIpc) is 2.93. The predicted molar refractivity (Wildman–Crippen MR) is 153 cm³/mol. The van der Waals surface area contributed by atoms with E-state index in [0.29, 0.717) is 5.92 Å². The van der Waals surface area contributed by atoms with Gasteiger partial charge < -0.3 is 4.13 Å². The van der Waals surface area contributed by atoms with Crippen LogP contribution in [-0.4, -0.2) is 16.8 Å². The van der Waals surface area contributed by atoms with E-state index in [1.54, 1.807) is 12.1 Å². The molecule has 0 atom stereocenters. The van der Waals surface area contributed by atoms with Crippen LogP contribution in [0.5, 0.6) is 0 Å². The first kappa shape index (κ1) is 27.9. The second-order valence-electron chi connectivity index (χ2n) is 11.9. The summed E-state index contributed by atoms with van der Waals surface area (Å²) in [6.45, 7) is 1.87. The zero-order chi connectivity index (χ0) is 26.8. The Labute approximate surface area is 229 Å². The van der Waals surface area contributed by atoms with Gasteiger partial charge in [-0.1, -0.05) is 87.6 Å². The first-order valence-electron chi connectivity index (χ1n) is 14.7. The Morgan fingerprint density at radius 2 is 1.00 bits per heavy atom. The van der Waals surface area contributed by atoms with Crippen LogP contribution in [0.3, 0.4) is 0 Å². The molecule has 208 valence electrons. The van der Waals surface area contributed by atoms with Crippen LogP contribution in [0, 0.1) is 6.92 Å². The van der Waals surface area contributed by atoms with Gasteiger partial charge in [-0.2, -0.15) is 0 Å². The largest absolute Gasteiger partial charge is 0.428 e. The number of hydrogen-bond acceptors (Lipinski definition) is 4. The molecule has 0 bridgehead atoms. The summed E-state index contributed by atoms with van der Waals surface area (Å²) < 4.78 is 58.6. The minimum atomic E-state index is -4.45. The average molecular weight is 557 g/mol. The molecule has 38 heavy (non-hydrogen) atoms. The molecule has 3 saturated carbocycles. The van der Waals surface area contributed by atoms with Gasteiger partial charge in [0.05, 0.1) is 4.90 Å². The normalized spacial score (nSPS) is 21.0. The SMILES string of the molecule is Cc1ccc(S(=O)(=O)[N-]S(=O)(=O)c2c(C3CCCCC3)cc(C3CCCCC3)cc2C2CCCCC2)cc1. The Balaban J connectivity index is 1.65. The molecule has 0 radical (unpaired) electrons. The molecule has 0 saturated heterocycles. The summed E-state index contributed by atoms with van der Waals surface area (Å²) in [5, 5.41) is 0. The van der Waals surface area contributed by atoms with E-state index in [1.165, 1.54) is 49.8 Å². The number of hydrogen-bond donors (Lipinski definition) is 0. The summed E-state index contributed by atoms with van der Waals surface area (Å²) in [5.41, 5.74) is 3.86. The number of aryl methyl sites for hydroxylation is 1. The number of sulfonamides is 2. The molecule has 2 aromatic rings. The van der Waals surface area contributed by atoms with Crippen molar-refractivity contribution >= 4 is 20.0 Å². The smallest absolute Gasteiger partial charge is 0.113 e. The molecular weight excluding hydrogens is 514 g/mol. The van der Waals surface area contributed by atoms with Crippen LogP contribution in [0.4, 0.5) is 0 Å². The second kappa shape index (κ2) is 11.8. The van der Waals surface area contributed by atoms with Gasteiger partial charge in [0.1, 0.15) is 20.0 Å². The highest BCUT2D eigenvalue weighted by Crippen LogP contribution is 2.47. The van der Waals surface area contributed by atoms with E-state index < -0.39 is 20.0 Å². The van der Waals surface area contributed by atoms with Crippen molar-refractivity contribution in [2.45, 2.75) is 131 Å². The lowest BCUT2D eigenvalue weighted by Gasteiger charge is -2.34. The van der Waals surface area contributed by atoms with Crippen LogP contribution in [-0.2, 0) is 20.0 Å². The molecule has 3 aliphatic carbocycles. The number of rotatable bonds is 7. The fourth-order valence-corrected chi connectivity index (χ4v) is 10.2. The van der Waals surface area contributed by atoms with Crippen molar-refractivity contribution < 1.29 is 16.8 Å². The fourth-order valence-electron chi connectivity index (χ4n) is 7.02. The lowest BCUT2D eigenvalue weighted by Crippen LogP contribution is -2.19. The standard InChI is InChI=1S/C31H42NO4S2/c1-23-17-19-28(20-18-23)37(33,34)32-38(35,36)31-29(25-13-7-3-8-14-25)21-27(24-11-5-2-6-12-24)22-30(31)26-15-9-4-10-16-26/h17-22,24-26H,2-16H2,1H3/q-1. The quantitative estimate of drug-likeness (QED) is 0.342. The third-order valence-electron chi connectivity index (χ3n) is 9.11. The summed E-state index contributed by atoms with van der Waals surface area (Å²) >= 11 is 0. The first-order chi connectivity index (χ1) is 18.2. The van der Waals surface area contributed by atoms with Crippen molar-refractivity contribution in [3.8, 4) is 0 Å². The van der Waals surface area contributed by atoms with Gasteiger partial charge >= 0.3 is 0 Å². The molecule has 0 spiro atoms. The number of nitrogens with zero attached hydrogens (tertiary/aromatic N) is 1. The van der Waals surface area contributed by atoms with E-state index in [-0.39, 0.29) is 21.6 Å². The molecule has 7 heteroatoms. The molecule has 3 aliphatic rings. The van der Waals surface area contributed by atoms with Crippen LogP contribution in [0.1, 0.15) is 136 Å². The molecule has 0 heterocycles. The van der Waals surface area contributed by atoms with E-state index in [9.17, 15) is 16.8 Å². The van der Waals surface area contributed by atoms with Gasteiger partial charge in [-0.25, -0.2) is 16.8 Å². The Morgan fingerprint density at radius 1 is 0.579 bits per heavy atom. The van der Waals surface area contributed by atoms with Crippen LogP contribution < -0.4 is 0 Å². The topological polar surface area (TPSA) is 82.4 Å². The summed E-state index contributed by atoms with van der Waals surface area (Å²) in [6, 6.07) is 10.5. The van der Waals surface area contributed by atoms with E-state index in [4.69, 9.17) is 0 Å². The summed E-state index contributed by atoms with van der Waals surface area (Å²) in [7, 11) is -8.82. The third-order valence-corrected chi connectivity index (χ3v) is 12.5. The molecule has 0 unspecified atom stereocenters. The van der Waals surface area contributed by atoms with Crippen LogP contribution in [0.25, 0.3) is 4.13 Å². The van der Waals surface area contributed by atoms with E-state index in [0.717, 1.165) is 80.9 Å². The van der Waals surface area contributed by atoms with Gasteiger partial charge in [-0.05, 0) is 92.0 Å². The first-order valence-corrected chi connectivity index (χ1v) is 17.6. The van der Waals surface area contributed by atoms with Gasteiger partial charge in [0.2, 0.25) is 0 Å². The van der Waals surface area contributed by atoms with E-state index >= 15 is 0 Å². The zero-order valence-electron chi connectivity index (χ0n) is 22.7. The molecule has 0 amide bonds. The summed E-state index contributed by atoms with van der Waals surface area (Å²) in [5.74, 6) is 0.729. The van der Waals surface area contributed by atoms with Crippen LogP contribution in [0.2, 0.25) is 0 Å². The van der Waals surface area contributed by atoms with Gasteiger partial charge in [0.25, 0.3) is 0 Å². The number of benzene rings is 2. The van der Waals surface area contributed by atoms with Crippen molar-refractivity contribution in [3.63, 3.8) is 0 Å². The highest BCUT2D eigenvalue weighted by molar-refractivity contribution is 8.12. The van der Waals surface area contributed by atoms with Gasteiger partial charge in [0.15, 0.2) is 0 Å². The van der Waals surface area contributed by atoms with E-state index in [2.05, 4.69) is 16.3 Å². The Hall–Kier alpha value is -1.70. The fraction of sp³-hybridized carbons (Fsp3) is 0.613. The van der Waals surface area contributed by atoms with Crippen molar-refractivity contribution in [3.05, 3.63) is 62.8 Å². The molecule has 5 rings (SSSR count). The van der Waals surface area contributed by atoms with Crippen molar-refractivity contribution in [2.75, 3.05) is 0 Å². The Bertz CT molecular complexity index is 1280. The van der Waals surface area contributed by atoms with Crippen LogP contribution >= 0.6 is 0 Å². The Morgan fingerprint density at radius 3 is 1.45 bits per heavy atom. The molecule has 2 aromatic carbocycles. The molecule has 0 aromatic heterocycles. The molecular formula is C31H42NO4S2-. The highest BCUT2D eigenvalue weighted by Gasteiger charge is 2.31. The molecule has 0 aliphatic heterocycles. The minimum absolute atomic E-state index is 0.0797. The summed E-state index contributed by atoms with van der Waals surface area (Å²) in [4.78, 5) is 0.135. The maximum atomic E-state index is 14.2. The minimum Gasteiger partial charge on any atom is -0.428 e. The van der Waals surface area contributed by atoms with Gasteiger partial charge in [-0.3, -0.25) is 0 Å². The third kappa shape index (κ3) is 6.20. The lowest BCUT2D eigenvalue weighted by molar-refractivity contribution is 0.419. The molecule has 5 nitrogen and oxygen atoms in total. The molecule has 3 fully saturated rings. The lowest BCUT2D eigenvalue weighted by atomic mass is 9.76. The monoisotopic (exact) mass is 556 g/mol. The maximum absolute atomic E-state index is 14.2. The summed E-state index contributed by atoms with van der Waals surface area (Å²) in [6.07, 6.45) is 16.4. The second-order valence-corrected chi connectivity index (χ2v) is 15.2. The van der Waals surface area contributed by atoms with Crippen molar-refractivity contribution in [2.24, 2.45) is 0 Å². The molecule has 0 N–H and O–H groups in total. The predicted octanol–water partition coefficient (Wildman–Crippen LogP) is 8.59. The zero-order valence-corrected chi connectivity index (χ0v) is 24.3. The van der Waals surface area contributed by atoms with Gasteiger partial charge in [0, 0.05) is 4.90 Å². The van der Waals surface area contributed by atoms with E-state index in [1.807, 2.05) is 6.92 Å². The van der Waals surface area contributed by atoms with Crippen LogP contribution in [0.15, 0.2) is 46.2 Å². The Kier molecular flexibility index (Phi) is 8.66. The van der Waals surface area contributed by atoms with Crippen molar-refractivity contribution in [1.29, 1.82) is 0 Å².